The molecule has 0 rings (SSSR count). The number of ether oxygens (including phenoxy) is 3. The SMILES string of the molecule is CCCCC/C=C\C/C=C\CCCCCCCC(=O)OC[C@H](COC(=O)CCCCCCC/C=C\CCCCCCCC)OC(=O)CCCCCCCCCCCCCCCCCCC. The van der Waals surface area contributed by atoms with Crippen molar-refractivity contribution < 1.29 is 28.6 Å². The minimum atomic E-state index is -0.778. The van der Waals surface area contributed by atoms with E-state index in [1.54, 1.807) is 0 Å². The maximum atomic E-state index is 12.8. The summed E-state index contributed by atoms with van der Waals surface area (Å²) in [7, 11) is 0. The Kier molecular flexibility index (Phi) is 52.3. The van der Waals surface area contributed by atoms with E-state index in [-0.39, 0.29) is 31.1 Å². The van der Waals surface area contributed by atoms with E-state index in [4.69, 9.17) is 14.2 Å². The second-order valence-corrected chi connectivity index (χ2v) is 19.2. The van der Waals surface area contributed by atoms with Crippen molar-refractivity contribution in [1.82, 2.24) is 0 Å². The number of unbranched alkanes of at least 4 members (excludes halogenated alkanes) is 35. The highest BCUT2D eigenvalue weighted by atomic mass is 16.6. The van der Waals surface area contributed by atoms with Gasteiger partial charge in [-0.1, -0.05) is 243 Å². The monoisotopic (exact) mass is 913 g/mol. The first-order chi connectivity index (χ1) is 32.0. The average molecular weight is 914 g/mol. The summed E-state index contributed by atoms with van der Waals surface area (Å²) in [6.07, 6.45) is 64.1. The molecule has 0 N–H and O–H groups in total. The third-order valence-electron chi connectivity index (χ3n) is 12.6. The number of rotatable bonds is 52. The van der Waals surface area contributed by atoms with Gasteiger partial charge in [0.2, 0.25) is 0 Å². The average Bonchev–Trinajstić information content (AvgIpc) is 3.30. The van der Waals surface area contributed by atoms with Crippen molar-refractivity contribution in [1.29, 1.82) is 0 Å². The lowest BCUT2D eigenvalue weighted by molar-refractivity contribution is -0.167. The zero-order valence-corrected chi connectivity index (χ0v) is 43.5. The molecule has 0 spiro atoms. The number of carbonyl (C=O) groups is 3. The molecule has 0 aromatic heterocycles. The summed E-state index contributed by atoms with van der Waals surface area (Å²) < 4.78 is 16.9. The number of esters is 3. The highest BCUT2D eigenvalue weighted by Gasteiger charge is 2.19. The topological polar surface area (TPSA) is 78.9 Å². The smallest absolute Gasteiger partial charge is 0.306 e. The minimum absolute atomic E-state index is 0.0777. The molecule has 0 saturated carbocycles. The number of hydrogen-bond acceptors (Lipinski definition) is 6. The van der Waals surface area contributed by atoms with Crippen LogP contribution in [0.4, 0.5) is 0 Å². The summed E-state index contributed by atoms with van der Waals surface area (Å²) in [6.45, 7) is 6.63. The zero-order valence-electron chi connectivity index (χ0n) is 43.5. The fraction of sp³-hybridized carbons (Fsp3) is 0.847. The van der Waals surface area contributed by atoms with Gasteiger partial charge in [-0.3, -0.25) is 14.4 Å². The highest BCUT2D eigenvalue weighted by Crippen LogP contribution is 2.16. The molecule has 1 atom stereocenters. The molecule has 0 aliphatic carbocycles. The quantitative estimate of drug-likeness (QED) is 0.0262. The van der Waals surface area contributed by atoms with Crippen LogP contribution in [0.5, 0.6) is 0 Å². The Labute approximate surface area is 404 Å². The second-order valence-electron chi connectivity index (χ2n) is 19.2. The van der Waals surface area contributed by atoms with Crippen molar-refractivity contribution in [2.45, 2.75) is 309 Å². The van der Waals surface area contributed by atoms with Gasteiger partial charge in [0.1, 0.15) is 13.2 Å². The maximum absolute atomic E-state index is 12.8. The van der Waals surface area contributed by atoms with Crippen LogP contribution >= 0.6 is 0 Å². The standard InChI is InChI=1S/C59H108O6/c1-4-7-10-13-16-19-22-25-28-29-32-35-38-41-44-47-50-53-59(62)65-56(54-63-57(60)51-48-45-42-39-36-33-30-26-23-20-17-14-11-8-5-2)55-64-58(61)52-49-46-43-40-37-34-31-27-24-21-18-15-12-9-6-3/h17,20,26-27,30-31,56H,4-16,18-19,21-25,28-29,32-55H2,1-3H3/b20-17-,30-26-,31-27-/t56-/m1/s1. The van der Waals surface area contributed by atoms with Gasteiger partial charge in [0.15, 0.2) is 6.10 Å². The summed E-state index contributed by atoms with van der Waals surface area (Å²) in [4.78, 5) is 38.1. The Morgan fingerprint density at radius 3 is 0.892 bits per heavy atom. The molecule has 0 aromatic rings. The van der Waals surface area contributed by atoms with Crippen LogP contribution in [0, 0.1) is 0 Å². The molecule has 0 aromatic carbocycles. The van der Waals surface area contributed by atoms with Crippen LogP contribution in [0.25, 0.3) is 0 Å². The van der Waals surface area contributed by atoms with E-state index in [0.29, 0.717) is 19.3 Å². The van der Waals surface area contributed by atoms with E-state index < -0.39 is 6.10 Å². The molecule has 0 saturated heterocycles. The fourth-order valence-corrected chi connectivity index (χ4v) is 8.29. The Morgan fingerprint density at radius 2 is 0.554 bits per heavy atom. The number of hydrogen-bond donors (Lipinski definition) is 0. The van der Waals surface area contributed by atoms with Crippen molar-refractivity contribution >= 4 is 17.9 Å². The molecule has 6 heteroatoms. The molecular weight excluding hydrogens is 805 g/mol. The van der Waals surface area contributed by atoms with Gasteiger partial charge in [0.05, 0.1) is 0 Å². The van der Waals surface area contributed by atoms with E-state index in [0.717, 1.165) is 83.5 Å². The molecule has 0 bridgehead atoms. The lowest BCUT2D eigenvalue weighted by Crippen LogP contribution is -2.30. The molecule has 0 radical (unpaired) electrons. The Morgan fingerprint density at radius 1 is 0.308 bits per heavy atom. The maximum Gasteiger partial charge on any atom is 0.306 e. The first-order valence-electron chi connectivity index (χ1n) is 28.5. The van der Waals surface area contributed by atoms with Gasteiger partial charge < -0.3 is 14.2 Å². The first-order valence-corrected chi connectivity index (χ1v) is 28.5. The third kappa shape index (κ3) is 52.5. The molecule has 380 valence electrons. The van der Waals surface area contributed by atoms with Gasteiger partial charge >= 0.3 is 17.9 Å². The van der Waals surface area contributed by atoms with Crippen molar-refractivity contribution in [2.75, 3.05) is 13.2 Å². The van der Waals surface area contributed by atoms with E-state index in [1.165, 1.54) is 180 Å². The molecule has 65 heavy (non-hydrogen) atoms. The largest absolute Gasteiger partial charge is 0.462 e. The normalized spacial score (nSPS) is 12.2. The molecule has 0 fully saturated rings. The van der Waals surface area contributed by atoms with Crippen LogP contribution in [0.15, 0.2) is 36.5 Å². The predicted octanol–water partition coefficient (Wildman–Crippen LogP) is 18.9. The Hall–Kier alpha value is -2.37. The Balaban J connectivity index is 4.37. The van der Waals surface area contributed by atoms with E-state index >= 15 is 0 Å². The lowest BCUT2D eigenvalue weighted by atomic mass is 10.0. The van der Waals surface area contributed by atoms with Gasteiger partial charge in [-0.25, -0.2) is 0 Å². The van der Waals surface area contributed by atoms with Crippen LogP contribution < -0.4 is 0 Å². The summed E-state index contributed by atoms with van der Waals surface area (Å²) in [5, 5.41) is 0. The molecule has 0 aliphatic heterocycles. The van der Waals surface area contributed by atoms with Gasteiger partial charge in [0.25, 0.3) is 0 Å². The zero-order chi connectivity index (χ0) is 47.2. The van der Waals surface area contributed by atoms with Crippen LogP contribution in [-0.2, 0) is 28.6 Å². The van der Waals surface area contributed by atoms with Crippen molar-refractivity contribution in [3.05, 3.63) is 36.5 Å². The first kappa shape index (κ1) is 62.6. The summed E-state index contributed by atoms with van der Waals surface area (Å²) >= 11 is 0. The molecule has 6 nitrogen and oxygen atoms in total. The molecule has 0 heterocycles. The van der Waals surface area contributed by atoms with E-state index in [2.05, 4.69) is 57.2 Å². The van der Waals surface area contributed by atoms with Crippen LogP contribution in [0.1, 0.15) is 303 Å². The summed E-state index contributed by atoms with van der Waals surface area (Å²) in [6, 6.07) is 0. The van der Waals surface area contributed by atoms with Gasteiger partial charge in [-0.2, -0.15) is 0 Å². The molecular formula is C59H108O6. The Bertz CT molecular complexity index is 1090. The molecule has 0 unspecified atom stereocenters. The number of allylic oxidation sites excluding steroid dienone is 6. The molecule has 0 amide bonds. The van der Waals surface area contributed by atoms with Crippen molar-refractivity contribution in [3.63, 3.8) is 0 Å². The van der Waals surface area contributed by atoms with E-state index in [9.17, 15) is 14.4 Å². The van der Waals surface area contributed by atoms with E-state index in [1.807, 2.05) is 0 Å². The van der Waals surface area contributed by atoms with Crippen molar-refractivity contribution in [3.8, 4) is 0 Å². The van der Waals surface area contributed by atoms with Crippen LogP contribution in [0.3, 0.4) is 0 Å². The fourth-order valence-electron chi connectivity index (χ4n) is 8.29. The highest BCUT2D eigenvalue weighted by molar-refractivity contribution is 5.71. The second kappa shape index (κ2) is 54.2. The summed E-state index contributed by atoms with van der Waals surface area (Å²) in [5.74, 6) is -0.883. The van der Waals surface area contributed by atoms with Gasteiger partial charge in [-0.15, -0.1) is 0 Å². The summed E-state index contributed by atoms with van der Waals surface area (Å²) in [5.41, 5.74) is 0. The minimum Gasteiger partial charge on any atom is -0.462 e. The van der Waals surface area contributed by atoms with Crippen LogP contribution in [-0.4, -0.2) is 37.2 Å². The van der Waals surface area contributed by atoms with Gasteiger partial charge in [-0.05, 0) is 77.0 Å². The molecule has 0 aliphatic rings. The number of carbonyl (C=O) groups excluding carboxylic acids is 3. The lowest BCUT2D eigenvalue weighted by Gasteiger charge is -2.18. The van der Waals surface area contributed by atoms with Gasteiger partial charge in [0, 0.05) is 19.3 Å². The van der Waals surface area contributed by atoms with Crippen molar-refractivity contribution in [2.24, 2.45) is 0 Å². The third-order valence-corrected chi connectivity index (χ3v) is 12.6. The van der Waals surface area contributed by atoms with Crippen LogP contribution in [0.2, 0.25) is 0 Å². The predicted molar refractivity (Wildman–Crippen MR) is 279 cm³/mol.